The van der Waals surface area contributed by atoms with Gasteiger partial charge in [-0.05, 0) is 25.1 Å². The number of aromatic nitrogens is 2. The number of hydrogen-bond acceptors (Lipinski definition) is 4. The normalized spacial score (nSPS) is 10.5. The molecule has 1 aromatic heterocycles. The predicted octanol–water partition coefficient (Wildman–Crippen LogP) is 1.38. The Morgan fingerprint density at radius 3 is 2.65 bits per heavy atom. The first-order valence-electron chi connectivity index (χ1n) is 4.91. The van der Waals surface area contributed by atoms with Crippen molar-refractivity contribution in [2.24, 2.45) is 0 Å². The molecule has 0 saturated carbocycles. The van der Waals surface area contributed by atoms with Crippen LogP contribution in [0.4, 0.5) is 16.0 Å². The van der Waals surface area contributed by atoms with E-state index in [0.29, 0.717) is 5.69 Å². The summed E-state index contributed by atoms with van der Waals surface area (Å²) in [7, 11) is 0. The standard InChI is InChI=1S/C11H11FN4O/c1-6(17)9-10(13)15-16(11(9)14)8-4-2-3-7(12)5-8/h2-5H,14H2,1H3,(H2,13,15). The molecule has 1 heterocycles. The molecule has 0 aliphatic rings. The lowest BCUT2D eigenvalue weighted by Crippen LogP contribution is -2.04. The molecule has 0 radical (unpaired) electrons. The highest BCUT2D eigenvalue weighted by molar-refractivity contribution is 6.02. The number of nitrogens with zero attached hydrogens (tertiary/aromatic N) is 2. The molecule has 0 unspecified atom stereocenters. The van der Waals surface area contributed by atoms with Crippen LogP contribution in [-0.2, 0) is 0 Å². The number of halogens is 1. The molecule has 4 N–H and O–H groups in total. The minimum Gasteiger partial charge on any atom is -0.383 e. The Hall–Kier alpha value is -2.37. The molecule has 6 heteroatoms. The van der Waals surface area contributed by atoms with Crippen molar-refractivity contribution < 1.29 is 9.18 Å². The Kier molecular flexibility index (Phi) is 2.55. The molecule has 0 aliphatic carbocycles. The smallest absolute Gasteiger partial charge is 0.167 e. The molecule has 0 saturated heterocycles. The van der Waals surface area contributed by atoms with E-state index < -0.39 is 5.82 Å². The van der Waals surface area contributed by atoms with Crippen LogP contribution in [0.3, 0.4) is 0 Å². The Morgan fingerprint density at radius 2 is 2.12 bits per heavy atom. The van der Waals surface area contributed by atoms with E-state index in [1.54, 1.807) is 6.07 Å². The lowest BCUT2D eigenvalue weighted by atomic mass is 10.2. The summed E-state index contributed by atoms with van der Waals surface area (Å²) in [6, 6.07) is 5.70. The molecular weight excluding hydrogens is 223 g/mol. The van der Waals surface area contributed by atoms with Gasteiger partial charge in [0, 0.05) is 0 Å². The summed E-state index contributed by atoms with van der Waals surface area (Å²) in [5.41, 5.74) is 11.9. The summed E-state index contributed by atoms with van der Waals surface area (Å²) < 4.78 is 14.3. The Morgan fingerprint density at radius 1 is 1.41 bits per heavy atom. The fourth-order valence-corrected chi connectivity index (χ4v) is 1.61. The van der Waals surface area contributed by atoms with Crippen molar-refractivity contribution in [3.63, 3.8) is 0 Å². The first-order chi connectivity index (χ1) is 8.00. The molecule has 2 aromatic rings. The number of Topliss-reactive ketones (excluding diaryl/α,β-unsaturated/α-hetero) is 1. The number of benzene rings is 1. The van der Waals surface area contributed by atoms with E-state index in [9.17, 15) is 9.18 Å². The lowest BCUT2D eigenvalue weighted by molar-refractivity contribution is 0.101. The summed E-state index contributed by atoms with van der Waals surface area (Å²) in [5, 5.41) is 3.92. The van der Waals surface area contributed by atoms with Gasteiger partial charge in [-0.3, -0.25) is 4.79 Å². The Balaban J connectivity index is 2.62. The van der Waals surface area contributed by atoms with Crippen molar-refractivity contribution in [3.05, 3.63) is 35.6 Å². The number of nitrogens with two attached hydrogens (primary N) is 2. The average Bonchev–Trinajstić information content (AvgIpc) is 2.54. The first kappa shape index (κ1) is 11.1. The summed E-state index contributed by atoms with van der Waals surface area (Å²) in [6.45, 7) is 1.35. The molecule has 5 nitrogen and oxygen atoms in total. The SMILES string of the molecule is CC(=O)c1c(N)nn(-c2cccc(F)c2)c1N. The van der Waals surface area contributed by atoms with E-state index in [1.165, 1.54) is 29.8 Å². The number of anilines is 2. The summed E-state index contributed by atoms with van der Waals surface area (Å²) in [4.78, 5) is 11.3. The van der Waals surface area contributed by atoms with E-state index in [-0.39, 0.29) is 23.0 Å². The van der Waals surface area contributed by atoms with Crippen molar-refractivity contribution in [2.45, 2.75) is 6.92 Å². The third-order valence-corrected chi connectivity index (χ3v) is 2.35. The van der Waals surface area contributed by atoms with Crippen molar-refractivity contribution in [3.8, 4) is 5.69 Å². The van der Waals surface area contributed by atoms with Gasteiger partial charge in [0.15, 0.2) is 11.6 Å². The number of carbonyl (C=O) groups is 1. The summed E-state index contributed by atoms with van der Waals surface area (Å²) in [5.74, 6) is -0.539. The van der Waals surface area contributed by atoms with Crippen LogP contribution in [0.15, 0.2) is 24.3 Å². The maximum Gasteiger partial charge on any atom is 0.167 e. The third-order valence-electron chi connectivity index (χ3n) is 2.35. The highest BCUT2D eigenvalue weighted by atomic mass is 19.1. The predicted molar refractivity (Wildman–Crippen MR) is 62.4 cm³/mol. The highest BCUT2D eigenvalue weighted by Crippen LogP contribution is 2.23. The minimum absolute atomic E-state index is 0.0410. The molecule has 17 heavy (non-hydrogen) atoms. The number of ketones is 1. The van der Waals surface area contributed by atoms with Gasteiger partial charge in [0.1, 0.15) is 17.2 Å². The minimum atomic E-state index is -0.416. The van der Waals surface area contributed by atoms with Gasteiger partial charge in [0.2, 0.25) is 0 Å². The van der Waals surface area contributed by atoms with Crippen molar-refractivity contribution in [2.75, 3.05) is 11.5 Å². The van der Waals surface area contributed by atoms with Crippen LogP contribution in [0.5, 0.6) is 0 Å². The third kappa shape index (κ3) is 1.84. The first-order valence-corrected chi connectivity index (χ1v) is 4.91. The van der Waals surface area contributed by atoms with E-state index in [0.717, 1.165) is 0 Å². The molecule has 2 rings (SSSR count). The molecule has 0 spiro atoms. The van der Waals surface area contributed by atoms with Crippen LogP contribution < -0.4 is 11.5 Å². The van der Waals surface area contributed by atoms with Crippen LogP contribution in [-0.4, -0.2) is 15.6 Å². The summed E-state index contributed by atoms with van der Waals surface area (Å²) in [6.07, 6.45) is 0. The van der Waals surface area contributed by atoms with Gasteiger partial charge in [0.25, 0.3) is 0 Å². The van der Waals surface area contributed by atoms with Gasteiger partial charge in [-0.1, -0.05) is 6.07 Å². The molecule has 0 atom stereocenters. The van der Waals surface area contributed by atoms with Crippen molar-refractivity contribution in [1.29, 1.82) is 0 Å². The monoisotopic (exact) mass is 234 g/mol. The number of nitrogen functional groups attached to an aromatic ring is 2. The Bertz CT molecular complexity index is 591. The van der Waals surface area contributed by atoms with Gasteiger partial charge in [0.05, 0.1) is 5.69 Å². The zero-order chi connectivity index (χ0) is 12.6. The lowest BCUT2D eigenvalue weighted by Gasteiger charge is -2.03. The van der Waals surface area contributed by atoms with E-state index >= 15 is 0 Å². The average molecular weight is 234 g/mol. The van der Waals surface area contributed by atoms with Gasteiger partial charge < -0.3 is 11.5 Å². The van der Waals surface area contributed by atoms with Crippen LogP contribution >= 0.6 is 0 Å². The quantitative estimate of drug-likeness (QED) is 0.768. The molecule has 1 aromatic carbocycles. The van der Waals surface area contributed by atoms with Crippen LogP contribution in [0.2, 0.25) is 0 Å². The Labute approximate surface area is 96.8 Å². The summed E-state index contributed by atoms with van der Waals surface area (Å²) >= 11 is 0. The van der Waals surface area contributed by atoms with Crippen LogP contribution in [0, 0.1) is 5.82 Å². The van der Waals surface area contributed by atoms with Gasteiger partial charge in [-0.2, -0.15) is 0 Å². The molecule has 0 amide bonds. The number of rotatable bonds is 2. The number of hydrogen-bond donors (Lipinski definition) is 2. The van der Waals surface area contributed by atoms with E-state index in [2.05, 4.69) is 5.10 Å². The zero-order valence-electron chi connectivity index (χ0n) is 9.14. The van der Waals surface area contributed by atoms with E-state index in [1.807, 2.05) is 0 Å². The van der Waals surface area contributed by atoms with Gasteiger partial charge >= 0.3 is 0 Å². The topological polar surface area (TPSA) is 86.9 Å². The second-order valence-corrected chi connectivity index (χ2v) is 3.59. The van der Waals surface area contributed by atoms with Crippen molar-refractivity contribution >= 4 is 17.4 Å². The maximum absolute atomic E-state index is 13.1. The van der Waals surface area contributed by atoms with Gasteiger partial charge in [-0.15, -0.1) is 5.10 Å². The molecule has 0 bridgehead atoms. The molecule has 0 aliphatic heterocycles. The zero-order valence-corrected chi connectivity index (χ0v) is 9.14. The highest BCUT2D eigenvalue weighted by Gasteiger charge is 2.18. The second kappa shape index (κ2) is 3.89. The van der Waals surface area contributed by atoms with Crippen LogP contribution in [0.25, 0.3) is 5.69 Å². The van der Waals surface area contributed by atoms with Gasteiger partial charge in [-0.25, -0.2) is 9.07 Å². The fraction of sp³-hybridized carbons (Fsp3) is 0.0909. The number of carbonyl (C=O) groups excluding carboxylic acids is 1. The van der Waals surface area contributed by atoms with Crippen LogP contribution in [0.1, 0.15) is 17.3 Å². The largest absolute Gasteiger partial charge is 0.383 e. The molecule has 0 fully saturated rings. The van der Waals surface area contributed by atoms with E-state index in [4.69, 9.17) is 11.5 Å². The second-order valence-electron chi connectivity index (χ2n) is 3.59. The van der Waals surface area contributed by atoms with Crippen molar-refractivity contribution in [1.82, 2.24) is 9.78 Å². The fourth-order valence-electron chi connectivity index (χ4n) is 1.61. The maximum atomic E-state index is 13.1. The molecule has 88 valence electrons. The molecular formula is C11H11FN4O.